The Morgan fingerprint density at radius 2 is 1.77 bits per heavy atom. The van der Waals surface area contributed by atoms with Crippen LogP contribution in [0, 0.1) is 10.8 Å². The summed E-state index contributed by atoms with van der Waals surface area (Å²) in [6.45, 7) is 16.4. The molecule has 1 aliphatic heterocycles. The second-order valence-electron chi connectivity index (χ2n) is 9.41. The highest BCUT2D eigenvalue weighted by Gasteiger charge is 2.46. The summed E-state index contributed by atoms with van der Waals surface area (Å²) in [5.74, 6) is -0.506. The van der Waals surface area contributed by atoms with Crippen LogP contribution in [0.1, 0.15) is 61.3 Å². The Labute approximate surface area is 158 Å². The van der Waals surface area contributed by atoms with Gasteiger partial charge in [0, 0.05) is 19.7 Å². The van der Waals surface area contributed by atoms with E-state index in [1.54, 1.807) is 6.92 Å². The molecule has 1 heterocycles. The third kappa shape index (κ3) is 8.04. The Balaban J connectivity index is 2.65. The lowest BCUT2D eigenvalue weighted by Gasteiger charge is -2.28. The minimum Gasteiger partial charge on any atom is -0.465 e. The first-order chi connectivity index (χ1) is 11.9. The number of carbonyl (C=O) groups excluding carboxylic acids is 2. The molecular weight excluding hydrogens is 334 g/mol. The Kier molecular flexibility index (Phi) is 8.08. The molecule has 6 heteroatoms. The number of nitrogens with zero attached hydrogens (tertiary/aromatic N) is 1. The quantitative estimate of drug-likeness (QED) is 0.483. The molecule has 0 N–H and O–H groups in total. The molecular formula is C20H37NO5. The average Bonchev–Trinajstić information content (AvgIpc) is 2.85. The number of likely N-dealkylation sites (tertiary alicyclic amines) is 1. The minimum absolute atomic E-state index is 0.181. The normalized spacial score (nSPS) is 21.7. The van der Waals surface area contributed by atoms with Crippen LogP contribution in [0.25, 0.3) is 0 Å². The lowest BCUT2D eigenvalue weighted by Crippen LogP contribution is -2.42. The van der Waals surface area contributed by atoms with E-state index in [0.29, 0.717) is 39.3 Å². The molecule has 1 aliphatic rings. The van der Waals surface area contributed by atoms with Crippen molar-refractivity contribution in [3.05, 3.63) is 0 Å². The fourth-order valence-corrected chi connectivity index (χ4v) is 2.92. The summed E-state index contributed by atoms with van der Waals surface area (Å²) < 4.78 is 16.5. The van der Waals surface area contributed by atoms with Gasteiger partial charge in [-0.15, -0.1) is 0 Å². The number of carbonyl (C=O) groups is 2. The Morgan fingerprint density at radius 3 is 2.31 bits per heavy atom. The lowest BCUT2D eigenvalue weighted by atomic mass is 9.88. The van der Waals surface area contributed by atoms with Crippen molar-refractivity contribution in [1.82, 2.24) is 4.90 Å². The standard InChI is InChI=1S/C20H37NO5/c1-8-25-17(23)20(15-24-12-10-18(2,3)4)9-11-21(14-20)13-16(22)26-19(5,6)7/h8-15H2,1-7H3/t20-/m1/s1. The second-order valence-corrected chi connectivity index (χ2v) is 9.41. The van der Waals surface area contributed by atoms with Crippen LogP contribution in [0.4, 0.5) is 0 Å². The smallest absolute Gasteiger partial charge is 0.320 e. The number of rotatable bonds is 8. The number of hydrogen-bond donors (Lipinski definition) is 0. The molecule has 0 aromatic carbocycles. The van der Waals surface area contributed by atoms with Crippen molar-refractivity contribution in [3.63, 3.8) is 0 Å². The molecule has 0 aromatic rings. The van der Waals surface area contributed by atoms with Gasteiger partial charge in [-0.25, -0.2) is 0 Å². The van der Waals surface area contributed by atoms with Crippen LogP contribution in [0.15, 0.2) is 0 Å². The predicted octanol–water partition coefficient (Wildman–Crippen LogP) is 3.04. The monoisotopic (exact) mass is 371 g/mol. The van der Waals surface area contributed by atoms with Crippen LogP contribution in [0.5, 0.6) is 0 Å². The van der Waals surface area contributed by atoms with Crippen molar-refractivity contribution >= 4 is 11.9 Å². The molecule has 6 nitrogen and oxygen atoms in total. The van der Waals surface area contributed by atoms with Gasteiger partial charge in [0.05, 0.1) is 19.8 Å². The minimum atomic E-state index is -0.699. The highest BCUT2D eigenvalue weighted by atomic mass is 16.6. The van der Waals surface area contributed by atoms with Gasteiger partial charge in [0.15, 0.2) is 0 Å². The molecule has 0 radical (unpaired) electrons. The lowest BCUT2D eigenvalue weighted by molar-refractivity contribution is -0.161. The van der Waals surface area contributed by atoms with Crippen molar-refractivity contribution in [1.29, 1.82) is 0 Å². The predicted molar refractivity (Wildman–Crippen MR) is 101 cm³/mol. The molecule has 1 fully saturated rings. The molecule has 0 bridgehead atoms. The van der Waals surface area contributed by atoms with Crippen LogP contribution in [0.3, 0.4) is 0 Å². The Morgan fingerprint density at radius 1 is 1.12 bits per heavy atom. The topological polar surface area (TPSA) is 65.1 Å². The van der Waals surface area contributed by atoms with Gasteiger partial charge in [-0.3, -0.25) is 14.5 Å². The highest BCUT2D eigenvalue weighted by molar-refractivity contribution is 5.78. The molecule has 0 saturated carbocycles. The van der Waals surface area contributed by atoms with E-state index in [4.69, 9.17) is 14.2 Å². The van der Waals surface area contributed by atoms with E-state index in [1.807, 2.05) is 25.7 Å². The van der Waals surface area contributed by atoms with Gasteiger partial charge in [-0.05, 0) is 46.0 Å². The summed E-state index contributed by atoms with van der Waals surface area (Å²) >= 11 is 0. The largest absolute Gasteiger partial charge is 0.465 e. The first-order valence-electron chi connectivity index (χ1n) is 9.56. The zero-order valence-electron chi connectivity index (χ0n) is 17.6. The molecule has 152 valence electrons. The zero-order chi connectivity index (χ0) is 20.0. The van der Waals surface area contributed by atoms with E-state index < -0.39 is 11.0 Å². The number of esters is 2. The van der Waals surface area contributed by atoms with Crippen LogP contribution >= 0.6 is 0 Å². The Bertz CT molecular complexity index is 478. The van der Waals surface area contributed by atoms with Crippen LogP contribution in [-0.4, -0.2) is 61.9 Å². The summed E-state index contributed by atoms with van der Waals surface area (Å²) in [7, 11) is 0. The molecule has 1 saturated heterocycles. The number of ether oxygens (including phenoxy) is 3. The van der Waals surface area contributed by atoms with Crippen molar-refractivity contribution < 1.29 is 23.8 Å². The van der Waals surface area contributed by atoms with E-state index in [2.05, 4.69) is 20.8 Å². The molecule has 0 aliphatic carbocycles. The van der Waals surface area contributed by atoms with Crippen LogP contribution in [-0.2, 0) is 23.8 Å². The van der Waals surface area contributed by atoms with E-state index in [1.165, 1.54) is 0 Å². The molecule has 1 atom stereocenters. The first-order valence-corrected chi connectivity index (χ1v) is 9.56. The summed E-state index contributed by atoms with van der Waals surface area (Å²) in [6.07, 6.45) is 1.55. The molecule has 0 aromatic heterocycles. The second kappa shape index (κ2) is 9.18. The highest BCUT2D eigenvalue weighted by Crippen LogP contribution is 2.33. The third-order valence-electron chi connectivity index (χ3n) is 4.29. The zero-order valence-corrected chi connectivity index (χ0v) is 17.6. The van der Waals surface area contributed by atoms with E-state index in [-0.39, 0.29) is 23.9 Å². The van der Waals surface area contributed by atoms with Gasteiger partial charge >= 0.3 is 11.9 Å². The fraction of sp³-hybridized carbons (Fsp3) is 0.900. The molecule has 26 heavy (non-hydrogen) atoms. The molecule has 0 spiro atoms. The van der Waals surface area contributed by atoms with Crippen LogP contribution in [0.2, 0.25) is 0 Å². The van der Waals surface area contributed by atoms with Crippen molar-refractivity contribution in [2.24, 2.45) is 10.8 Å². The first kappa shape index (κ1) is 22.9. The van der Waals surface area contributed by atoms with Gasteiger partial charge in [-0.2, -0.15) is 0 Å². The Hall–Kier alpha value is -1.14. The van der Waals surface area contributed by atoms with Gasteiger partial charge < -0.3 is 14.2 Å². The summed E-state index contributed by atoms with van der Waals surface area (Å²) in [5, 5.41) is 0. The summed E-state index contributed by atoms with van der Waals surface area (Å²) in [4.78, 5) is 26.6. The van der Waals surface area contributed by atoms with E-state index in [0.717, 1.165) is 6.42 Å². The summed E-state index contributed by atoms with van der Waals surface area (Å²) in [6, 6.07) is 0. The van der Waals surface area contributed by atoms with E-state index >= 15 is 0 Å². The van der Waals surface area contributed by atoms with Gasteiger partial charge in [-0.1, -0.05) is 20.8 Å². The van der Waals surface area contributed by atoms with Crippen molar-refractivity contribution in [2.45, 2.75) is 66.9 Å². The molecule has 1 rings (SSSR count). The van der Waals surface area contributed by atoms with Gasteiger partial charge in [0.1, 0.15) is 11.0 Å². The maximum atomic E-state index is 12.6. The van der Waals surface area contributed by atoms with E-state index in [9.17, 15) is 9.59 Å². The SMILES string of the molecule is CCOC(=O)[C@]1(COCCC(C)(C)C)CCN(CC(=O)OC(C)(C)C)C1. The van der Waals surface area contributed by atoms with Gasteiger partial charge in [0.25, 0.3) is 0 Å². The van der Waals surface area contributed by atoms with Crippen molar-refractivity contribution in [2.75, 3.05) is 39.5 Å². The number of hydrogen-bond acceptors (Lipinski definition) is 6. The fourth-order valence-electron chi connectivity index (χ4n) is 2.92. The maximum Gasteiger partial charge on any atom is 0.320 e. The van der Waals surface area contributed by atoms with Crippen molar-refractivity contribution in [3.8, 4) is 0 Å². The third-order valence-corrected chi connectivity index (χ3v) is 4.29. The summed E-state index contributed by atoms with van der Waals surface area (Å²) in [5.41, 5.74) is -1.02. The molecule has 0 unspecified atom stereocenters. The average molecular weight is 372 g/mol. The van der Waals surface area contributed by atoms with Gasteiger partial charge in [0.2, 0.25) is 0 Å². The molecule has 0 amide bonds. The maximum absolute atomic E-state index is 12.6. The van der Waals surface area contributed by atoms with Crippen LogP contribution < -0.4 is 0 Å².